The summed E-state index contributed by atoms with van der Waals surface area (Å²) in [5.41, 5.74) is 6.65. The largest absolute Gasteiger partial charge is 0.504 e. The molecule has 72 valence electrons. The zero-order valence-corrected chi connectivity index (χ0v) is 7.95. The molecule has 0 aliphatic carbocycles. The Morgan fingerprint density at radius 3 is 2.77 bits per heavy atom. The van der Waals surface area contributed by atoms with Crippen LogP contribution < -0.4 is 10.5 Å². The van der Waals surface area contributed by atoms with Crippen LogP contribution in [0.3, 0.4) is 0 Å². The van der Waals surface area contributed by atoms with Crippen molar-refractivity contribution in [3.8, 4) is 11.5 Å². The molecule has 0 aliphatic rings. The van der Waals surface area contributed by atoms with Gasteiger partial charge in [-0.3, -0.25) is 0 Å². The van der Waals surface area contributed by atoms with Gasteiger partial charge in [0.15, 0.2) is 11.5 Å². The van der Waals surface area contributed by atoms with E-state index in [1.165, 1.54) is 0 Å². The van der Waals surface area contributed by atoms with E-state index in [4.69, 9.17) is 10.5 Å². The van der Waals surface area contributed by atoms with Crippen molar-refractivity contribution in [2.75, 3.05) is 6.61 Å². The highest BCUT2D eigenvalue weighted by Gasteiger charge is 2.05. The fourth-order valence-corrected chi connectivity index (χ4v) is 1.09. The van der Waals surface area contributed by atoms with Crippen LogP contribution in [0.2, 0.25) is 0 Å². The van der Waals surface area contributed by atoms with Crippen LogP contribution in [0.4, 0.5) is 0 Å². The van der Waals surface area contributed by atoms with E-state index in [-0.39, 0.29) is 11.8 Å². The maximum Gasteiger partial charge on any atom is 0.161 e. The maximum atomic E-state index is 9.38. The second-order valence-corrected chi connectivity index (χ2v) is 2.95. The van der Waals surface area contributed by atoms with E-state index < -0.39 is 0 Å². The third-order valence-corrected chi connectivity index (χ3v) is 1.81. The van der Waals surface area contributed by atoms with E-state index in [0.29, 0.717) is 12.4 Å². The van der Waals surface area contributed by atoms with Gasteiger partial charge < -0.3 is 15.6 Å². The molecule has 0 saturated heterocycles. The monoisotopic (exact) mass is 181 g/mol. The highest BCUT2D eigenvalue weighted by atomic mass is 16.5. The Kier molecular flexibility index (Phi) is 3.14. The summed E-state index contributed by atoms with van der Waals surface area (Å²) in [6.07, 6.45) is 0. The standard InChI is InChI=1S/C10H15NO2/c1-3-13-10-6-8(7(2)11)4-5-9(10)12/h4-7,12H,3,11H2,1-2H3/t7-/m0/s1. The van der Waals surface area contributed by atoms with Gasteiger partial charge in [-0.15, -0.1) is 0 Å². The number of hydrogen-bond donors (Lipinski definition) is 2. The lowest BCUT2D eigenvalue weighted by Gasteiger charge is -2.10. The van der Waals surface area contributed by atoms with Crippen molar-refractivity contribution in [1.82, 2.24) is 0 Å². The first-order valence-electron chi connectivity index (χ1n) is 4.36. The summed E-state index contributed by atoms with van der Waals surface area (Å²) in [4.78, 5) is 0. The van der Waals surface area contributed by atoms with Gasteiger partial charge in [-0.2, -0.15) is 0 Å². The Balaban J connectivity index is 2.97. The summed E-state index contributed by atoms with van der Waals surface area (Å²) in [5, 5.41) is 9.38. The Bertz CT molecular complexity index is 284. The first-order chi connectivity index (χ1) is 6.15. The van der Waals surface area contributed by atoms with Gasteiger partial charge in [0.1, 0.15) is 0 Å². The molecule has 1 atom stereocenters. The molecule has 0 bridgehead atoms. The van der Waals surface area contributed by atoms with E-state index in [2.05, 4.69) is 0 Å². The van der Waals surface area contributed by atoms with Gasteiger partial charge in [0.25, 0.3) is 0 Å². The van der Waals surface area contributed by atoms with Crippen LogP contribution in [0.5, 0.6) is 11.5 Å². The smallest absolute Gasteiger partial charge is 0.161 e. The number of aromatic hydroxyl groups is 1. The van der Waals surface area contributed by atoms with Gasteiger partial charge in [-0.25, -0.2) is 0 Å². The first-order valence-corrected chi connectivity index (χ1v) is 4.36. The van der Waals surface area contributed by atoms with Gasteiger partial charge in [-0.05, 0) is 31.5 Å². The first kappa shape index (κ1) is 9.86. The normalized spacial score (nSPS) is 12.5. The quantitative estimate of drug-likeness (QED) is 0.747. The summed E-state index contributed by atoms with van der Waals surface area (Å²) in [6, 6.07) is 5.12. The predicted molar refractivity (Wildman–Crippen MR) is 51.9 cm³/mol. The maximum absolute atomic E-state index is 9.38. The molecular formula is C10H15NO2. The predicted octanol–water partition coefficient (Wildman–Crippen LogP) is 1.81. The van der Waals surface area contributed by atoms with Crippen molar-refractivity contribution < 1.29 is 9.84 Å². The number of phenolic OH excluding ortho intramolecular Hbond substituents is 1. The van der Waals surface area contributed by atoms with Crippen LogP contribution >= 0.6 is 0 Å². The average molecular weight is 181 g/mol. The molecule has 0 saturated carbocycles. The zero-order valence-electron chi connectivity index (χ0n) is 7.95. The van der Waals surface area contributed by atoms with Crippen molar-refractivity contribution in [1.29, 1.82) is 0 Å². The molecule has 0 fully saturated rings. The van der Waals surface area contributed by atoms with Crippen LogP contribution in [-0.2, 0) is 0 Å². The van der Waals surface area contributed by atoms with E-state index in [0.717, 1.165) is 5.56 Å². The molecule has 3 nitrogen and oxygen atoms in total. The molecule has 13 heavy (non-hydrogen) atoms. The minimum Gasteiger partial charge on any atom is -0.504 e. The summed E-state index contributed by atoms with van der Waals surface area (Å²) in [7, 11) is 0. The van der Waals surface area contributed by atoms with E-state index in [1.807, 2.05) is 13.8 Å². The summed E-state index contributed by atoms with van der Waals surface area (Å²) in [5.74, 6) is 0.656. The van der Waals surface area contributed by atoms with Crippen molar-refractivity contribution in [2.45, 2.75) is 19.9 Å². The van der Waals surface area contributed by atoms with E-state index in [9.17, 15) is 5.11 Å². The number of nitrogens with two attached hydrogens (primary N) is 1. The van der Waals surface area contributed by atoms with Crippen LogP contribution in [0.15, 0.2) is 18.2 Å². The lowest BCUT2D eigenvalue weighted by molar-refractivity contribution is 0.317. The fraction of sp³-hybridized carbons (Fsp3) is 0.400. The molecule has 0 spiro atoms. The van der Waals surface area contributed by atoms with Gasteiger partial charge >= 0.3 is 0 Å². The molecule has 3 heteroatoms. The second kappa shape index (κ2) is 4.14. The van der Waals surface area contributed by atoms with Crippen molar-refractivity contribution in [3.05, 3.63) is 23.8 Å². The Hall–Kier alpha value is -1.22. The van der Waals surface area contributed by atoms with Crippen LogP contribution in [0.25, 0.3) is 0 Å². The summed E-state index contributed by atoms with van der Waals surface area (Å²) in [6.45, 7) is 4.30. The SMILES string of the molecule is CCOc1cc([C@H](C)N)ccc1O. The molecule has 0 unspecified atom stereocenters. The molecule has 0 aromatic heterocycles. The number of rotatable bonds is 3. The van der Waals surface area contributed by atoms with Gasteiger partial charge in [-0.1, -0.05) is 6.07 Å². The van der Waals surface area contributed by atoms with Gasteiger partial charge in [0.2, 0.25) is 0 Å². The highest BCUT2D eigenvalue weighted by Crippen LogP contribution is 2.28. The third-order valence-electron chi connectivity index (χ3n) is 1.81. The molecule has 1 rings (SSSR count). The Labute approximate surface area is 78.1 Å². The van der Waals surface area contributed by atoms with E-state index >= 15 is 0 Å². The van der Waals surface area contributed by atoms with E-state index in [1.54, 1.807) is 18.2 Å². The molecule has 0 amide bonds. The average Bonchev–Trinajstić information content (AvgIpc) is 2.08. The topological polar surface area (TPSA) is 55.5 Å². The lowest BCUT2D eigenvalue weighted by Crippen LogP contribution is -2.05. The summed E-state index contributed by atoms with van der Waals surface area (Å²) >= 11 is 0. The van der Waals surface area contributed by atoms with Crippen molar-refractivity contribution in [3.63, 3.8) is 0 Å². The molecular weight excluding hydrogens is 166 g/mol. The molecule has 0 radical (unpaired) electrons. The Morgan fingerprint density at radius 2 is 2.23 bits per heavy atom. The third kappa shape index (κ3) is 2.36. The van der Waals surface area contributed by atoms with Crippen LogP contribution in [0, 0.1) is 0 Å². The van der Waals surface area contributed by atoms with Gasteiger partial charge in [0.05, 0.1) is 6.61 Å². The fourth-order valence-electron chi connectivity index (χ4n) is 1.09. The summed E-state index contributed by atoms with van der Waals surface area (Å²) < 4.78 is 5.22. The minimum absolute atomic E-state index is 0.0418. The number of phenols is 1. The molecule has 0 aliphatic heterocycles. The molecule has 1 aromatic carbocycles. The number of benzene rings is 1. The number of ether oxygens (including phenoxy) is 1. The molecule has 3 N–H and O–H groups in total. The van der Waals surface area contributed by atoms with Crippen LogP contribution in [-0.4, -0.2) is 11.7 Å². The Morgan fingerprint density at radius 1 is 1.54 bits per heavy atom. The van der Waals surface area contributed by atoms with Crippen molar-refractivity contribution in [2.24, 2.45) is 5.73 Å². The number of hydrogen-bond acceptors (Lipinski definition) is 3. The zero-order chi connectivity index (χ0) is 9.84. The van der Waals surface area contributed by atoms with Crippen LogP contribution in [0.1, 0.15) is 25.5 Å². The highest BCUT2D eigenvalue weighted by molar-refractivity contribution is 5.42. The van der Waals surface area contributed by atoms with Crippen molar-refractivity contribution >= 4 is 0 Å². The molecule has 0 heterocycles. The lowest BCUT2D eigenvalue weighted by atomic mass is 10.1. The minimum atomic E-state index is -0.0418. The second-order valence-electron chi connectivity index (χ2n) is 2.95. The van der Waals surface area contributed by atoms with Gasteiger partial charge in [0, 0.05) is 6.04 Å². The molecule has 1 aromatic rings.